The van der Waals surface area contributed by atoms with E-state index in [0.717, 1.165) is 30.3 Å². The first kappa shape index (κ1) is 15.4. The summed E-state index contributed by atoms with van der Waals surface area (Å²) in [6.45, 7) is 0. The average molecular weight is 308 g/mol. The van der Waals surface area contributed by atoms with E-state index in [1.165, 1.54) is 0 Å². The topological polar surface area (TPSA) is 94.8 Å². The second-order valence-corrected chi connectivity index (χ2v) is 4.51. The molecule has 22 heavy (non-hydrogen) atoms. The molecule has 0 amide bonds. The van der Waals surface area contributed by atoms with Gasteiger partial charge in [0.2, 0.25) is 5.82 Å². The number of benzene rings is 2. The minimum atomic E-state index is -1.34. The van der Waals surface area contributed by atoms with Crippen LogP contribution in [0, 0.1) is 11.6 Å². The normalized spacial score (nSPS) is 10.5. The highest BCUT2D eigenvalue weighted by molar-refractivity contribution is 6.00. The van der Waals surface area contributed by atoms with Crippen LogP contribution in [0.2, 0.25) is 0 Å². The van der Waals surface area contributed by atoms with Gasteiger partial charge in [0.05, 0.1) is 11.1 Å². The van der Waals surface area contributed by atoms with Crippen LogP contribution in [0.5, 0.6) is 11.5 Å². The van der Waals surface area contributed by atoms with Crippen LogP contribution in [0.15, 0.2) is 30.3 Å². The van der Waals surface area contributed by atoms with Gasteiger partial charge in [0.25, 0.3) is 0 Å². The minimum absolute atomic E-state index is 0.0946. The van der Waals surface area contributed by atoms with Gasteiger partial charge >= 0.3 is 5.97 Å². The van der Waals surface area contributed by atoms with Crippen LogP contribution in [0.4, 0.5) is 8.78 Å². The Hall–Kier alpha value is -2.96. The third-order valence-corrected chi connectivity index (χ3v) is 3.05. The predicted octanol–water partition coefficient (Wildman–Crippen LogP) is 2.50. The van der Waals surface area contributed by atoms with Crippen LogP contribution in [-0.2, 0) is 6.42 Å². The summed E-state index contributed by atoms with van der Waals surface area (Å²) in [6, 6.07) is 4.93. The summed E-state index contributed by atoms with van der Waals surface area (Å²) in [5, 5.41) is 27.3. The van der Waals surface area contributed by atoms with Crippen molar-refractivity contribution in [3.05, 3.63) is 58.7 Å². The lowest BCUT2D eigenvalue weighted by molar-refractivity contribution is 0.0696. The van der Waals surface area contributed by atoms with E-state index < -0.39 is 46.9 Å². The molecule has 3 N–H and O–H groups in total. The third kappa shape index (κ3) is 2.88. The Labute approximate surface area is 123 Å². The molecule has 0 aromatic heterocycles. The highest BCUT2D eigenvalue weighted by Gasteiger charge is 2.19. The van der Waals surface area contributed by atoms with E-state index >= 15 is 0 Å². The Morgan fingerprint density at radius 3 is 2.32 bits per heavy atom. The number of carbonyl (C=O) groups is 2. The molecule has 0 saturated heterocycles. The van der Waals surface area contributed by atoms with E-state index in [4.69, 9.17) is 10.2 Å². The van der Waals surface area contributed by atoms with Crippen molar-refractivity contribution in [1.29, 1.82) is 0 Å². The van der Waals surface area contributed by atoms with Crippen LogP contribution in [-0.4, -0.2) is 27.1 Å². The standard InChI is InChI=1S/C15H10F2O5/c16-10-5-8(15(21)22)2-1-7(10)6-12(19)9-3-4-11(18)13(17)14(9)20/h1-5,18,20H,6H2,(H,21,22). The zero-order valence-corrected chi connectivity index (χ0v) is 11.0. The number of ketones is 1. The fourth-order valence-corrected chi connectivity index (χ4v) is 1.87. The van der Waals surface area contributed by atoms with Crippen molar-refractivity contribution < 1.29 is 33.7 Å². The Balaban J connectivity index is 2.30. The summed E-state index contributed by atoms with van der Waals surface area (Å²) in [5.41, 5.74) is -0.771. The SMILES string of the molecule is O=C(O)c1ccc(CC(=O)c2ccc(O)c(F)c2O)c(F)c1. The molecule has 0 aliphatic heterocycles. The Bertz CT molecular complexity index is 771. The number of phenolic OH excluding ortho intramolecular Hbond substituents is 2. The maximum atomic E-state index is 13.7. The maximum absolute atomic E-state index is 13.7. The van der Waals surface area contributed by atoms with Gasteiger partial charge in [-0.1, -0.05) is 6.07 Å². The molecule has 0 atom stereocenters. The first-order chi connectivity index (χ1) is 10.3. The lowest BCUT2D eigenvalue weighted by atomic mass is 10.0. The van der Waals surface area contributed by atoms with E-state index in [0.29, 0.717) is 0 Å². The van der Waals surface area contributed by atoms with Crippen molar-refractivity contribution in [2.75, 3.05) is 0 Å². The zero-order valence-electron chi connectivity index (χ0n) is 11.0. The maximum Gasteiger partial charge on any atom is 0.335 e. The predicted molar refractivity (Wildman–Crippen MR) is 71.1 cm³/mol. The Morgan fingerprint density at radius 2 is 1.73 bits per heavy atom. The molecular formula is C15H10F2O5. The van der Waals surface area contributed by atoms with Crippen LogP contribution in [0.1, 0.15) is 26.3 Å². The number of hydrogen-bond acceptors (Lipinski definition) is 4. The van der Waals surface area contributed by atoms with Gasteiger partial charge < -0.3 is 15.3 Å². The minimum Gasteiger partial charge on any atom is -0.505 e. The molecule has 0 saturated carbocycles. The second-order valence-electron chi connectivity index (χ2n) is 4.51. The molecule has 0 bridgehead atoms. The van der Waals surface area contributed by atoms with Gasteiger partial charge in [-0.3, -0.25) is 4.79 Å². The van der Waals surface area contributed by atoms with Gasteiger partial charge in [0.15, 0.2) is 17.3 Å². The molecule has 2 aromatic carbocycles. The van der Waals surface area contributed by atoms with Crippen LogP contribution in [0.3, 0.4) is 0 Å². The molecule has 0 spiro atoms. The van der Waals surface area contributed by atoms with Crippen molar-refractivity contribution in [1.82, 2.24) is 0 Å². The number of halogens is 2. The average Bonchev–Trinajstić information content (AvgIpc) is 2.46. The first-order valence-electron chi connectivity index (χ1n) is 6.06. The van der Waals surface area contributed by atoms with Crippen molar-refractivity contribution >= 4 is 11.8 Å². The van der Waals surface area contributed by atoms with E-state index in [2.05, 4.69) is 0 Å². The number of aromatic hydroxyl groups is 2. The smallest absolute Gasteiger partial charge is 0.335 e. The summed E-state index contributed by atoms with van der Waals surface area (Å²) in [5.74, 6) is -6.16. The fourth-order valence-electron chi connectivity index (χ4n) is 1.87. The summed E-state index contributed by atoms with van der Waals surface area (Å²) >= 11 is 0. The highest BCUT2D eigenvalue weighted by Crippen LogP contribution is 2.29. The molecule has 0 aliphatic carbocycles. The number of carboxylic acids is 1. The molecule has 2 rings (SSSR count). The van der Waals surface area contributed by atoms with Gasteiger partial charge in [-0.25, -0.2) is 9.18 Å². The first-order valence-corrected chi connectivity index (χ1v) is 6.06. The van der Waals surface area contributed by atoms with Crippen molar-refractivity contribution in [3.8, 4) is 11.5 Å². The summed E-state index contributed by atoms with van der Waals surface area (Å²) in [4.78, 5) is 22.7. The quantitative estimate of drug-likeness (QED) is 0.754. The summed E-state index contributed by atoms with van der Waals surface area (Å²) in [7, 11) is 0. The number of rotatable bonds is 4. The van der Waals surface area contributed by atoms with E-state index in [1.54, 1.807) is 0 Å². The Kier molecular flexibility index (Phi) is 4.07. The van der Waals surface area contributed by atoms with Crippen LogP contribution >= 0.6 is 0 Å². The Morgan fingerprint density at radius 1 is 1.05 bits per heavy atom. The number of Topliss-reactive ketones (excluding diaryl/α,β-unsaturated/α-hetero) is 1. The van der Waals surface area contributed by atoms with E-state index in [1.807, 2.05) is 0 Å². The molecule has 0 fully saturated rings. The molecule has 2 aromatic rings. The lowest BCUT2D eigenvalue weighted by Crippen LogP contribution is -2.07. The molecule has 0 unspecified atom stereocenters. The molecule has 5 nitrogen and oxygen atoms in total. The van der Waals surface area contributed by atoms with Gasteiger partial charge in [0.1, 0.15) is 5.82 Å². The molecule has 0 radical (unpaired) electrons. The highest BCUT2D eigenvalue weighted by atomic mass is 19.1. The number of carbonyl (C=O) groups excluding carboxylic acids is 1. The molecule has 7 heteroatoms. The number of aromatic carboxylic acids is 1. The van der Waals surface area contributed by atoms with Crippen LogP contribution < -0.4 is 0 Å². The van der Waals surface area contributed by atoms with Gasteiger partial charge in [-0.2, -0.15) is 4.39 Å². The molecule has 0 aliphatic rings. The van der Waals surface area contributed by atoms with Crippen LogP contribution in [0.25, 0.3) is 0 Å². The second kappa shape index (κ2) is 5.80. The lowest BCUT2D eigenvalue weighted by Gasteiger charge is -2.07. The van der Waals surface area contributed by atoms with E-state index in [9.17, 15) is 23.5 Å². The molecular weight excluding hydrogens is 298 g/mol. The number of hydrogen-bond donors (Lipinski definition) is 3. The number of carboxylic acid groups (broad SMARTS) is 1. The monoisotopic (exact) mass is 308 g/mol. The third-order valence-electron chi connectivity index (χ3n) is 3.05. The van der Waals surface area contributed by atoms with Crippen molar-refractivity contribution in [3.63, 3.8) is 0 Å². The summed E-state index contributed by atoms with van der Waals surface area (Å²) < 4.78 is 27.1. The van der Waals surface area contributed by atoms with Gasteiger partial charge in [-0.15, -0.1) is 0 Å². The fraction of sp³-hybridized carbons (Fsp3) is 0.0667. The summed E-state index contributed by atoms with van der Waals surface area (Å²) in [6.07, 6.45) is -0.497. The van der Waals surface area contributed by atoms with Crippen molar-refractivity contribution in [2.45, 2.75) is 6.42 Å². The molecule has 0 heterocycles. The largest absolute Gasteiger partial charge is 0.505 e. The zero-order chi connectivity index (χ0) is 16.4. The van der Waals surface area contributed by atoms with E-state index in [-0.39, 0.29) is 11.1 Å². The van der Waals surface area contributed by atoms with Crippen molar-refractivity contribution in [2.24, 2.45) is 0 Å². The number of phenols is 2. The van der Waals surface area contributed by atoms with Gasteiger partial charge in [0, 0.05) is 6.42 Å². The molecule has 114 valence electrons. The van der Waals surface area contributed by atoms with Gasteiger partial charge in [-0.05, 0) is 29.8 Å².